The zero-order chi connectivity index (χ0) is 14.3. The number of hydrogen-bond donors (Lipinski definition) is 3. The summed E-state index contributed by atoms with van der Waals surface area (Å²) in [4.78, 5) is 27.4. The molecule has 0 aliphatic heterocycles. The van der Waals surface area contributed by atoms with Crippen molar-refractivity contribution < 1.29 is 9.59 Å². The number of aliphatic imine (C=N–C) groups is 1. The zero-order valence-corrected chi connectivity index (χ0v) is 11.5. The summed E-state index contributed by atoms with van der Waals surface area (Å²) < 4.78 is 0. The average Bonchev–Trinajstić information content (AvgIpc) is 2.46. The molecule has 1 rings (SSSR count). The molecule has 0 aromatic carbocycles. The molecule has 0 aromatic rings. The second kappa shape index (κ2) is 7.56. The SMILES string of the molecule is CN=CC(NC(=O)C1CCCCC1)=C(N)C(=O)NC. The monoisotopic (exact) mass is 266 g/mol. The van der Waals surface area contributed by atoms with Crippen molar-refractivity contribution in [2.24, 2.45) is 16.6 Å². The summed E-state index contributed by atoms with van der Waals surface area (Å²) in [5, 5.41) is 5.13. The Labute approximate surface area is 113 Å². The summed E-state index contributed by atoms with van der Waals surface area (Å²) in [6, 6.07) is 0. The number of amides is 2. The molecular weight excluding hydrogens is 244 g/mol. The van der Waals surface area contributed by atoms with Crippen LogP contribution in [0.25, 0.3) is 0 Å². The van der Waals surface area contributed by atoms with E-state index in [0.29, 0.717) is 0 Å². The molecule has 1 fully saturated rings. The Balaban J connectivity index is 2.78. The van der Waals surface area contributed by atoms with E-state index >= 15 is 0 Å². The van der Waals surface area contributed by atoms with E-state index in [9.17, 15) is 9.59 Å². The lowest BCUT2D eigenvalue weighted by molar-refractivity contribution is -0.125. The highest BCUT2D eigenvalue weighted by molar-refractivity contribution is 6.01. The molecule has 2 amide bonds. The molecule has 0 heterocycles. The first-order valence-electron chi connectivity index (χ1n) is 6.55. The van der Waals surface area contributed by atoms with Crippen LogP contribution in [0.5, 0.6) is 0 Å². The van der Waals surface area contributed by atoms with Gasteiger partial charge < -0.3 is 16.4 Å². The maximum Gasteiger partial charge on any atom is 0.269 e. The highest BCUT2D eigenvalue weighted by Crippen LogP contribution is 2.23. The molecule has 0 radical (unpaired) electrons. The Morgan fingerprint density at radius 2 is 1.89 bits per heavy atom. The van der Waals surface area contributed by atoms with Gasteiger partial charge in [0.1, 0.15) is 5.70 Å². The third-order valence-corrected chi connectivity index (χ3v) is 3.25. The van der Waals surface area contributed by atoms with Gasteiger partial charge in [0.05, 0.1) is 5.70 Å². The largest absolute Gasteiger partial charge is 0.393 e. The lowest BCUT2D eigenvalue weighted by atomic mass is 9.88. The van der Waals surface area contributed by atoms with Crippen molar-refractivity contribution >= 4 is 18.0 Å². The summed E-state index contributed by atoms with van der Waals surface area (Å²) in [5.74, 6) is -0.508. The highest BCUT2D eigenvalue weighted by atomic mass is 16.2. The van der Waals surface area contributed by atoms with E-state index in [1.807, 2.05) is 0 Å². The summed E-state index contributed by atoms with van der Waals surface area (Å²) in [6.45, 7) is 0. The van der Waals surface area contributed by atoms with Crippen LogP contribution in [0.2, 0.25) is 0 Å². The van der Waals surface area contributed by atoms with Crippen LogP contribution in [0.3, 0.4) is 0 Å². The third-order valence-electron chi connectivity index (χ3n) is 3.25. The molecule has 0 aromatic heterocycles. The number of nitrogens with one attached hydrogen (secondary N) is 2. The van der Waals surface area contributed by atoms with Crippen molar-refractivity contribution in [2.45, 2.75) is 32.1 Å². The van der Waals surface area contributed by atoms with Crippen LogP contribution in [-0.2, 0) is 9.59 Å². The summed E-state index contributed by atoms with van der Waals surface area (Å²) in [6.07, 6.45) is 6.51. The van der Waals surface area contributed by atoms with Gasteiger partial charge in [-0.25, -0.2) is 0 Å². The molecule has 19 heavy (non-hydrogen) atoms. The van der Waals surface area contributed by atoms with Crippen molar-refractivity contribution in [1.29, 1.82) is 0 Å². The van der Waals surface area contributed by atoms with Crippen LogP contribution < -0.4 is 16.4 Å². The summed E-state index contributed by atoms with van der Waals surface area (Å²) >= 11 is 0. The smallest absolute Gasteiger partial charge is 0.269 e. The fourth-order valence-corrected chi connectivity index (χ4v) is 2.15. The number of allylic oxidation sites excluding steroid dienone is 1. The maximum absolute atomic E-state index is 12.1. The molecule has 0 atom stereocenters. The molecule has 4 N–H and O–H groups in total. The first kappa shape index (κ1) is 15.2. The second-order valence-electron chi connectivity index (χ2n) is 4.62. The first-order chi connectivity index (χ1) is 9.10. The number of hydrogen-bond acceptors (Lipinski definition) is 4. The molecule has 106 valence electrons. The minimum Gasteiger partial charge on any atom is -0.393 e. The molecule has 0 unspecified atom stereocenters. The third kappa shape index (κ3) is 4.39. The van der Waals surface area contributed by atoms with Crippen molar-refractivity contribution in [3.8, 4) is 0 Å². The number of carbonyl (C=O) groups is 2. The second-order valence-corrected chi connectivity index (χ2v) is 4.62. The number of likely N-dealkylation sites (N-methyl/N-ethyl adjacent to an activating group) is 1. The van der Waals surface area contributed by atoms with Crippen molar-refractivity contribution in [1.82, 2.24) is 10.6 Å². The van der Waals surface area contributed by atoms with Gasteiger partial charge in [0.15, 0.2) is 0 Å². The van der Waals surface area contributed by atoms with Gasteiger partial charge in [0.25, 0.3) is 5.91 Å². The quantitative estimate of drug-likeness (QED) is 0.504. The van der Waals surface area contributed by atoms with Crippen LogP contribution >= 0.6 is 0 Å². The number of nitrogens with two attached hydrogens (primary N) is 1. The van der Waals surface area contributed by atoms with Gasteiger partial charge in [-0.3, -0.25) is 14.6 Å². The van der Waals surface area contributed by atoms with Crippen molar-refractivity contribution in [2.75, 3.05) is 14.1 Å². The van der Waals surface area contributed by atoms with E-state index in [1.54, 1.807) is 7.05 Å². The fraction of sp³-hybridized carbons (Fsp3) is 0.615. The van der Waals surface area contributed by atoms with E-state index in [-0.39, 0.29) is 23.2 Å². The standard InChI is InChI=1S/C13H22N4O2/c1-15-8-10(11(14)13(19)16-2)17-12(18)9-6-4-3-5-7-9/h8-9H,3-7,14H2,1-2H3,(H,16,19)(H,17,18). The predicted octanol–water partition coefficient (Wildman–Crippen LogP) is 0.300. The lowest BCUT2D eigenvalue weighted by Gasteiger charge is -2.21. The van der Waals surface area contributed by atoms with Gasteiger partial charge in [0, 0.05) is 26.2 Å². The summed E-state index contributed by atoms with van der Waals surface area (Å²) in [7, 11) is 3.04. The van der Waals surface area contributed by atoms with Gasteiger partial charge in [0.2, 0.25) is 5.91 Å². The lowest BCUT2D eigenvalue weighted by Crippen LogP contribution is -2.36. The molecule has 0 saturated heterocycles. The van der Waals surface area contributed by atoms with E-state index in [0.717, 1.165) is 25.7 Å². The first-order valence-corrected chi connectivity index (χ1v) is 6.55. The Hall–Kier alpha value is -1.85. The number of rotatable bonds is 4. The van der Waals surface area contributed by atoms with Crippen LogP contribution in [0, 0.1) is 5.92 Å². The maximum atomic E-state index is 12.1. The van der Waals surface area contributed by atoms with Gasteiger partial charge in [-0.2, -0.15) is 0 Å². The minimum atomic E-state index is -0.432. The summed E-state index contributed by atoms with van der Waals surface area (Å²) in [5.41, 5.74) is 5.93. The van der Waals surface area contributed by atoms with Gasteiger partial charge >= 0.3 is 0 Å². The van der Waals surface area contributed by atoms with E-state index in [2.05, 4.69) is 15.6 Å². The molecule has 1 aliphatic carbocycles. The van der Waals surface area contributed by atoms with Crippen molar-refractivity contribution in [3.63, 3.8) is 0 Å². The van der Waals surface area contributed by atoms with Crippen LogP contribution in [-0.4, -0.2) is 32.1 Å². The average molecular weight is 266 g/mol. The molecule has 1 aliphatic rings. The topological polar surface area (TPSA) is 96.6 Å². The normalized spacial score (nSPS) is 18.0. The number of carbonyl (C=O) groups excluding carboxylic acids is 2. The van der Waals surface area contributed by atoms with Gasteiger partial charge in [-0.15, -0.1) is 0 Å². The van der Waals surface area contributed by atoms with Crippen molar-refractivity contribution in [3.05, 3.63) is 11.4 Å². The van der Waals surface area contributed by atoms with Crippen LogP contribution in [0.4, 0.5) is 0 Å². The van der Waals surface area contributed by atoms with E-state index < -0.39 is 5.91 Å². The molecule has 6 heteroatoms. The molecule has 0 spiro atoms. The highest BCUT2D eigenvalue weighted by Gasteiger charge is 2.22. The minimum absolute atomic E-state index is 0.00601. The Kier molecular flexibility index (Phi) is 6.05. The fourth-order valence-electron chi connectivity index (χ4n) is 2.15. The molecule has 0 bridgehead atoms. The number of nitrogens with zero attached hydrogens (tertiary/aromatic N) is 1. The van der Waals surface area contributed by atoms with Gasteiger partial charge in [-0.05, 0) is 12.8 Å². The molecular formula is C13H22N4O2. The van der Waals surface area contributed by atoms with Gasteiger partial charge in [-0.1, -0.05) is 19.3 Å². The van der Waals surface area contributed by atoms with E-state index in [1.165, 1.54) is 19.7 Å². The van der Waals surface area contributed by atoms with E-state index in [4.69, 9.17) is 5.73 Å². The zero-order valence-electron chi connectivity index (χ0n) is 11.5. The Morgan fingerprint density at radius 1 is 1.26 bits per heavy atom. The Bertz CT molecular complexity index is 395. The molecule has 1 saturated carbocycles. The molecule has 6 nitrogen and oxygen atoms in total. The Morgan fingerprint density at radius 3 is 2.42 bits per heavy atom. The predicted molar refractivity (Wildman–Crippen MR) is 74.4 cm³/mol. The van der Waals surface area contributed by atoms with Crippen LogP contribution in [0.15, 0.2) is 16.4 Å². The van der Waals surface area contributed by atoms with Crippen LogP contribution in [0.1, 0.15) is 32.1 Å².